The van der Waals surface area contributed by atoms with Crippen molar-refractivity contribution in [3.05, 3.63) is 0 Å². The van der Waals surface area contributed by atoms with Gasteiger partial charge in [-0.25, -0.2) is 9.59 Å². The molecular weight excluding hydrogens is 688 g/mol. The smallest absolute Gasteiger partial charge is 0.337 e. The van der Waals surface area contributed by atoms with Crippen LogP contribution >= 0.6 is 0 Å². The fourth-order valence-electron chi connectivity index (χ4n) is 6.01. The predicted octanol–water partition coefficient (Wildman–Crippen LogP) is -2.81. The second kappa shape index (κ2) is 15.0. The molecule has 272 valence electrons. The van der Waals surface area contributed by atoms with Crippen molar-refractivity contribution in [1.29, 1.82) is 0 Å². The van der Waals surface area contributed by atoms with E-state index in [1.54, 1.807) is 0 Å². The van der Waals surface area contributed by atoms with Crippen molar-refractivity contribution >= 4 is 71.6 Å². The molecule has 0 amide bonds. The third kappa shape index (κ3) is 7.77. The van der Waals surface area contributed by atoms with Gasteiger partial charge < -0.3 is 66.0 Å². The van der Waals surface area contributed by atoms with E-state index in [0.29, 0.717) is 0 Å². The Hall–Kier alpha value is -6.40. The molecule has 0 aliphatic heterocycles. The molecule has 0 aliphatic carbocycles. The lowest BCUT2D eigenvalue weighted by molar-refractivity contribution is -0.283. The SMILES string of the molecule is O=C(O)CC(CC(=O)O)(OC(CC(=O)O)(C(=O)O)C(C(=O)O)(C(CC(=O)O)(CC(=O)O)C(=O)O)C(CC(=O)O)(CC(=O)O)C(=O)O)C(=O)O. The van der Waals surface area contributed by atoms with Crippen molar-refractivity contribution in [2.75, 3.05) is 0 Å². The molecule has 12 N–H and O–H groups in total. The highest BCUT2D eigenvalue weighted by Gasteiger charge is 2.86. The lowest BCUT2D eigenvalue weighted by Gasteiger charge is -2.59. The zero-order valence-electron chi connectivity index (χ0n) is 24.1. The molecule has 0 bridgehead atoms. The number of ether oxygens (including phenoxy) is 1. The lowest BCUT2D eigenvalue weighted by atomic mass is 9.40. The zero-order valence-corrected chi connectivity index (χ0v) is 24.1. The minimum Gasteiger partial charge on any atom is -0.481 e. The van der Waals surface area contributed by atoms with E-state index in [4.69, 9.17) is 4.74 Å². The van der Waals surface area contributed by atoms with Crippen molar-refractivity contribution < 1.29 is 124 Å². The van der Waals surface area contributed by atoms with Gasteiger partial charge in [0.2, 0.25) is 0 Å². The Kier molecular flexibility index (Phi) is 13.0. The summed E-state index contributed by atoms with van der Waals surface area (Å²) in [4.78, 5) is 150. The molecule has 49 heavy (non-hydrogen) atoms. The summed E-state index contributed by atoms with van der Waals surface area (Å²) in [6, 6.07) is 0. The summed E-state index contributed by atoms with van der Waals surface area (Å²) in [7, 11) is 0. The summed E-state index contributed by atoms with van der Waals surface area (Å²) in [5, 5.41) is 120. The van der Waals surface area contributed by atoms with Crippen molar-refractivity contribution in [2.24, 2.45) is 16.2 Å². The van der Waals surface area contributed by atoms with E-state index < -0.39 is 144 Å². The third-order valence-corrected chi connectivity index (χ3v) is 7.37. The van der Waals surface area contributed by atoms with Crippen molar-refractivity contribution in [3.63, 3.8) is 0 Å². The number of carbonyl (C=O) groups is 12. The average Bonchev–Trinajstić information content (AvgIpc) is 2.85. The molecular formula is C24H26O25. The van der Waals surface area contributed by atoms with E-state index in [9.17, 15) is 119 Å². The third-order valence-electron chi connectivity index (χ3n) is 7.37. The molecule has 1 atom stereocenters. The first-order valence-corrected chi connectivity index (χ1v) is 12.5. The van der Waals surface area contributed by atoms with Gasteiger partial charge in [-0.15, -0.1) is 0 Å². The standard InChI is InChI=1S/C24H26O25/c25-8(26)1-20(15(39)40,2-9(27)28)24(19(47)48,21(16(41)42,3-10(29)30)4-11(31)32)23(18(45)46,7-14(37)38)49-22(17(43)44,5-12(33)34)6-13(35)36/h1-7H2,(H,25,26)(H,27,28)(H,29,30)(H,31,32)(H,33,34)(H,35,36)(H,37,38)(H,39,40)(H,41,42)(H,43,44)(H,45,46)(H,47,48). The number of rotatable bonds is 24. The normalized spacial score (nSPS) is 13.2. The van der Waals surface area contributed by atoms with Gasteiger partial charge in [-0.3, -0.25) is 47.9 Å². The summed E-state index contributed by atoms with van der Waals surface area (Å²) in [6.07, 6.45) is -18.3. The monoisotopic (exact) mass is 714 g/mol. The van der Waals surface area contributed by atoms with E-state index in [1.807, 2.05) is 0 Å². The first kappa shape index (κ1) is 42.6. The summed E-state index contributed by atoms with van der Waals surface area (Å²) in [5.74, 6) is -35.0. The minimum absolute atomic E-state index is 2.35. The first-order chi connectivity index (χ1) is 22.1. The highest BCUT2D eigenvalue weighted by molar-refractivity contribution is 6.05. The molecule has 0 aromatic heterocycles. The van der Waals surface area contributed by atoms with Gasteiger partial charge in [0.1, 0.15) is 16.2 Å². The molecule has 0 aliphatic rings. The van der Waals surface area contributed by atoms with Crippen LogP contribution in [0.4, 0.5) is 0 Å². The van der Waals surface area contributed by atoms with Crippen molar-refractivity contribution in [2.45, 2.75) is 56.1 Å². The molecule has 25 heteroatoms. The Labute approximate surface area is 268 Å². The van der Waals surface area contributed by atoms with E-state index in [-0.39, 0.29) is 0 Å². The second-order valence-corrected chi connectivity index (χ2v) is 10.4. The van der Waals surface area contributed by atoms with Crippen LogP contribution in [0.2, 0.25) is 0 Å². The van der Waals surface area contributed by atoms with Gasteiger partial charge in [-0.05, 0) is 0 Å². The van der Waals surface area contributed by atoms with E-state index >= 15 is 0 Å². The van der Waals surface area contributed by atoms with Gasteiger partial charge in [-0.1, -0.05) is 0 Å². The molecule has 0 spiro atoms. The van der Waals surface area contributed by atoms with Crippen LogP contribution in [0.25, 0.3) is 0 Å². The van der Waals surface area contributed by atoms with Crippen LogP contribution in [0.5, 0.6) is 0 Å². The molecule has 0 aromatic rings. The number of carboxylic acid groups (broad SMARTS) is 12. The van der Waals surface area contributed by atoms with Crippen LogP contribution in [-0.2, 0) is 62.3 Å². The highest BCUT2D eigenvalue weighted by atomic mass is 16.6. The number of aliphatic carboxylic acids is 12. The predicted molar refractivity (Wildman–Crippen MR) is 138 cm³/mol. The van der Waals surface area contributed by atoms with Gasteiger partial charge >= 0.3 is 71.6 Å². The summed E-state index contributed by atoms with van der Waals surface area (Å²) >= 11 is 0. The molecule has 0 saturated heterocycles. The lowest BCUT2D eigenvalue weighted by Crippen LogP contribution is -2.79. The Morgan fingerprint density at radius 2 is 0.592 bits per heavy atom. The molecule has 0 aromatic carbocycles. The van der Waals surface area contributed by atoms with Gasteiger partial charge in [-0.2, -0.15) is 0 Å². The Morgan fingerprint density at radius 1 is 0.327 bits per heavy atom. The summed E-state index contributed by atoms with van der Waals surface area (Å²) in [6.45, 7) is 0. The van der Waals surface area contributed by atoms with Gasteiger partial charge in [0.15, 0.2) is 11.2 Å². The Balaban J connectivity index is 10.2. The van der Waals surface area contributed by atoms with E-state index in [0.717, 1.165) is 0 Å². The molecule has 0 fully saturated rings. The molecule has 1 unspecified atom stereocenters. The van der Waals surface area contributed by atoms with Crippen molar-refractivity contribution in [3.8, 4) is 0 Å². The average molecular weight is 714 g/mol. The van der Waals surface area contributed by atoms with E-state index in [2.05, 4.69) is 0 Å². The Morgan fingerprint density at radius 3 is 0.755 bits per heavy atom. The van der Waals surface area contributed by atoms with Crippen LogP contribution in [0.3, 0.4) is 0 Å². The molecule has 0 heterocycles. The van der Waals surface area contributed by atoms with Crippen molar-refractivity contribution in [1.82, 2.24) is 0 Å². The number of hydrogen-bond donors (Lipinski definition) is 12. The summed E-state index contributed by atoms with van der Waals surface area (Å²) in [5.41, 5.74) is -24.9. The van der Waals surface area contributed by atoms with Crippen LogP contribution in [0.15, 0.2) is 0 Å². The maximum atomic E-state index is 13.7. The fourth-order valence-corrected chi connectivity index (χ4v) is 6.01. The molecule has 0 radical (unpaired) electrons. The van der Waals surface area contributed by atoms with Gasteiger partial charge in [0.05, 0.1) is 44.9 Å². The fraction of sp³-hybridized carbons (Fsp3) is 0.500. The topological polar surface area (TPSA) is 457 Å². The Bertz CT molecular complexity index is 1380. The highest BCUT2D eigenvalue weighted by Crippen LogP contribution is 2.67. The number of carboxylic acids is 12. The molecule has 25 nitrogen and oxygen atoms in total. The van der Waals surface area contributed by atoms with Crippen LogP contribution in [0.1, 0.15) is 44.9 Å². The second-order valence-electron chi connectivity index (χ2n) is 10.4. The largest absolute Gasteiger partial charge is 0.481 e. The van der Waals surface area contributed by atoms with Crippen LogP contribution in [0, 0.1) is 16.2 Å². The summed E-state index contributed by atoms with van der Waals surface area (Å²) < 4.78 is 4.83. The number of hydrogen-bond acceptors (Lipinski definition) is 13. The van der Waals surface area contributed by atoms with E-state index in [1.165, 1.54) is 0 Å². The quantitative estimate of drug-likeness (QED) is 0.0480. The van der Waals surface area contributed by atoms with Crippen LogP contribution in [-0.4, -0.2) is 144 Å². The minimum atomic E-state index is -5.53. The first-order valence-electron chi connectivity index (χ1n) is 12.5. The van der Waals surface area contributed by atoms with Crippen LogP contribution < -0.4 is 0 Å². The zero-order chi connectivity index (χ0) is 39.1. The maximum Gasteiger partial charge on any atom is 0.337 e. The van der Waals surface area contributed by atoms with Gasteiger partial charge in [0, 0.05) is 0 Å². The molecule has 0 rings (SSSR count). The van der Waals surface area contributed by atoms with Gasteiger partial charge in [0.25, 0.3) is 0 Å². The maximum absolute atomic E-state index is 13.7. The molecule has 0 saturated carbocycles.